The van der Waals surface area contributed by atoms with Crippen LogP contribution in [0.5, 0.6) is 0 Å². The quantitative estimate of drug-likeness (QED) is 0.650. The molecule has 0 amide bonds. The van der Waals surface area contributed by atoms with Crippen LogP contribution in [0.1, 0.15) is 17.3 Å². The second-order valence-electron chi connectivity index (χ2n) is 5.35. The zero-order valence-corrected chi connectivity index (χ0v) is 14.7. The Hall–Kier alpha value is -2.63. The van der Waals surface area contributed by atoms with Gasteiger partial charge in [0.1, 0.15) is 11.4 Å². The van der Waals surface area contributed by atoms with E-state index in [9.17, 15) is 9.59 Å². The number of nitrogens with zero attached hydrogens (tertiary/aromatic N) is 1. The number of H-pyrrole nitrogens is 1. The molecule has 0 aliphatic heterocycles. The van der Waals surface area contributed by atoms with Crippen molar-refractivity contribution < 1.29 is 4.79 Å². The number of ketones is 1. The average molecular weight is 374 g/mol. The molecule has 5 nitrogen and oxygen atoms in total. The lowest BCUT2D eigenvalue weighted by Gasteiger charge is -2.13. The minimum Gasteiger partial charge on any atom is -0.350 e. The van der Waals surface area contributed by atoms with Gasteiger partial charge in [-0.1, -0.05) is 41.4 Å². The van der Waals surface area contributed by atoms with Crippen molar-refractivity contribution in [3.63, 3.8) is 0 Å². The average Bonchev–Trinajstić information content (AvgIpc) is 2.56. The summed E-state index contributed by atoms with van der Waals surface area (Å²) in [5, 5.41) is 10.4. The third-order valence-corrected chi connectivity index (χ3v) is 4.00. The fraction of sp³-hybridized carbons (Fsp3) is 0.0556. The maximum Gasteiger partial charge on any atom is 0.288 e. The van der Waals surface area contributed by atoms with Crippen molar-refractivity contribution in [2.75, 3.05) is 5.32 Å². The van der Waals surface area contributed by atoms with E-state index in [0.29, 0.717) is 27.0 Å². The van der Waals surface area contributed by atoms with Crippen LogP contribution in [0.25, 0.3) is 11.3 Å². The van der Waals surface area contributed by atoms with Crippen molar-refractivity contribution in [1.29, 1.82) is 0 Å². The van der Waals surface area contributed by atoms with E-state index in [0.717, 1.165) is 0 Å². The summed E-state index contributed by atoms with van der Waals surface area (Å²) in [6.07, 6.45) is 0. The number of anilines is 2. The number of aromatic nitrogens is 2. The van der Waals surface area contributed by atoms with Gasteiger partial charge >= 0.3 is 0 Å². The van der Waals surface area contributed by atoms with Crippen LogP contribution in [0.15, 0.2) is 53.3 Å². The summed E-state index contributed by atoms with van der Waals surface area (Å²) < 4.78 is 0. The summed E-state index contributed by atoms with van der Waals surface area (Å²) in [4.78, 5) is 24.6. The normalized spacial score (nSPS) is 10.5. The molecule has 25 heavy (non-hydrogen) atoms. The summed E-state index contributed by atoms with van der Waals surface area (Å²) in [7, 11) is 0. The smallest absolute Gasteiger partial charge is 0.288 e. The molecule has 2 N–H and O–H groups in total. The minimum atomic E-state index is -0.504. The van der Waals surface area contributed by atoms with Crippen molar-refractivity contribution in [2.45, 2.75) is 6.92 Å². The Kier molecular flexibility index (Phi) is 4.88. The van der Waals surface area contributed by atoms with Gasteiger partial charge in [0, 0.05) is 21.3 Å². The van der Waals surface area contributed by atoms with Gasteiger partial charge in [-0.05, 0) is 37.3 Å². The zero-order chi connectivity index (χ0) is 18.0. The van der Waals surface area contributed by atoms with Gasteiger partial charge in [0.25, 0.3) is 5.56 Å². The number of hydrogen-bond acceptors (Lipinski definition) is 4. The summed E-state index contributed by atoms with van der Waals surface area (Å²) in [5.41, 5.74) is 1.35. The van der Waals surface area contributed by atoms with Gasteiger partial charge in [-0.2, -0.15) is 5.10 Å². The van der Waals surface area contributed by atoms with Gasteiger partial charge < -0.3 is 5.32 Å². The number of Topliss-reactive ketones (excluding diaryl/α,β-unsaturated/α-hetero) is 1. The number of benzene rings is 2. The Labute approximate surface area is 153 Å². The molecular weight excluding hydrogens is 361 g/mol. The second-order valence-corrected chi connectivity index (χ2v) is 6.23. The van der Waals surface area contributed by atoms with E-state index in [-0.39, 0.29) is 17.0 Å². The largest absolute Gasteiger partial charge is 0.350 e. The summed E-state index contributed by atoms with van der Waals surface area (Å²) in [5.74, 6) is -0.293. The number of carbonyl (C=O) groups excluding carboxylic acids is 1. The van der Waals surface area contributed by atoms with E-state index in [1.165, 1.54) is 6.92 Å². The van der Waals surface area contributed by atoms with Crippen LogP contribution in [0.2, 0.25) is 10.0 Å². The monoisotopic (exact) mass is 373 g/mol. The van der Waals surface area contributed by atoms with Gasteiger partial charge in [0.2, 0.25) is 0 Å². The highest BCUT2D eigenvalue weighted by molar-refractivity contribution is 6.31. The lowest BCUT2D eigenvalue weighted by atomic mass is 10.0. The van der Waals surface area contributed by atoms with Gasteiger partial charge in [-0.25, -0.2) is 5.10 Å². The Balaban J connectivity index is 2.19. The van der Waals surface area contributed by atoms with Crippen LogP contribution in [0.3, 0.4) is 0 Å². The maximum absolute atomic E-state index is 12.3. The highest BCUT2D eigenvalue weighted by Gasteiger charge is 2.20. The number of carbonyl (C=O) groups is 1. The molecule has 0 atom stereocenters. The summed E-state index contributed by atoms with van der Waals surface area (Å²) in [6, 6.07) is 13.8. The van der Waals surface area contributed by atoms with Crippen LogP contribution in [0, 0.1) is 0 Å². The Morgan fingerprint density at radius 2 is 1.76 bits per heavy atom. The second kappa shape index (κ2) is 7.09. The van der Waals surface area contributed by atoms with Gasteiger partial charge in [-0.15, -0.1) is 0 Å². The molecule has 0 saturated heterocycles. The third kappa shape index (κ3) is 3.73. The van der Waals surface area contributed by atoms with Crippen LogP contribution < -0.4 is 10.9 Å². The number of nitrogens with one attached hydrogen (secondary N) is 2. The maximum atomic E-state index is 12.3. The molecule has 0 radical (unpaired) electrons. The zero-order valence-electron chi connectivity index (χ0n) is 13.1. The first-order chi connectivity index (χ1) is 12.0. The van der Waals surface area contributed by atoms with Crippen LogP contribution >= 0.6 is 23.2 Å². The fourth-order valence-corrected chi connectivity index (χ4v) is 2.85. The van der Waals surface area contributed by atoms with Crippen LogP contribution in [-0.2, 0) is 0 Å². The van der Waals surface area contributed by atoms with Crippen molar-refractivity contribution >= 4 is 40.4 Å². The molecule has 0 aliphatic carbocycles. The molecule has 3 aromatic rings. The number of rotatable bonds is 4. The first-order valence-electron chi connectivity index (χ1n) is 7.38. The van der Waals surface area contributed by atoms with E-state index >= 15 is 0 Å². The highest BCUT2D eigenvalue weighted by Crippen LogP contribution is 2.29. The molecule has 7 heteroatoms. The van der Waals surface area contributed by atoms with Crippen LogP contribution in [0.4, 0.5) is 11.4 Å². The minimum absolute atomic E-state index is 0.111. The van der Waals surface area contributed by atoms with E-state index in [1.54, 1.807) is 48.5 Å². The van der Waals surface area contributed by atoms with Gasteiger partial charge in [0.15, 0.2) is 5.78 Å². The molecule has 0 bridgehead atoms. The lowest BCUT2D eigenvalue weighted by molar-refractivity contribution is 0.101. The van der Waals surface area contributed by atoms with Crippen molar-refractivity contribution in [2.24, 2.45) is 0 Å². The predicted molar refractivity (Wildman–Crippen MR) is 100 cm³/mol. The molecule has 2 aromatic carbocycles. The first kappa shape index (κ1) is 17.2. The van der Waals surface area contributed by atoms with E-state index < -0.39 is 5.56 Å². The topological polar surface area (TPSA) is 74.8 Å². The highest BCUT2D eigenvalue weighted by atomic mass is 35.5. The standard InChI is InChI=1S/C18H13Cl2N3O2/c1-10(24)15-16(11-4-2-5-12(19)8-11)22-23-18(25)17(15)21-14-7-3-6-13(20)9-14/h2-9H,1H3,(H,21,22)(H,23,25). The Morgan fingerprint density at radius 1 is 1.08 bits per heavy atom. The van der Waals surface area contributed by atoms with E-state index in [1.807, 2.05) is 0 Å². The Morgan fingerprint density at radius 3 is 2.40 bits per heavy atom. The molecule has 0 saturated carbocycles. The fourth-order valence-electron chi connectivity index (χ4n) is 2.47. The summed E-state index contributed by atoms with van der Waals surface area (Å²) in [6.45, 7) is 1.38. The summed E-state index contributed by atoms with van der Waals surface area (Å²) >= 11 is 12.0. The molecule has 0 unspecified atom stereocenters. The molecule has 0 fully saturated rings. The molecule has 0 spiro atoms. The molecular formula is C18H13Cl2N3O2. The number of halogens is 2. The van der Waals surface area contributed by atoms with Crippen molar-refractivity contribution in [3.8, 4) is 11.3 Å². The van der Waals surface area contributed by atoms with Crippen LogP contribution in [-0.4, -0.2) is 16.0 Å². The van der Waals surface area contributed by atoms with Gasteiger partial charge in [-0.3, -0.25) is 9.59 Å². The molecule has 1 heterocycles. The van der Waals surface area contributed by atoms with E-state index in [4.69, 9.17) is 23.2 Å². The molecule has 1 aromatic heterocycles. The van der Waals surface area contributed by atoms with E-state index in [2.05, 4.69) is 15.5 Å². The molecule has 126 valence electrons. The van der Waals surface area contributed by atoms with Crippen molar-refractivity contribution in [1.82, 2.24) is 10.2 Å². The number of hydrogen-bond donors (Lipinski definition) is 2. The SMILES string of the molecule is CC(=O)c1c(-c2cccc(Cl)c2)n[nH]c(=O)c1Nc1cccc(Cl)c1. The van der Waals surface area contributed by atoms with Gasteiger partial charge in [0.05, 0.1) is 5.56 Å². The van der Waals surface area contributed by atoms with Crippen molar-refractivity contribution in [3.05, 3.63) is 74.5 Å². The lowest BCUT2D eigenvalue weighted by Crippen LogP contribution is -2.19. The predicted octanol–water partition coefficient (Wildman–Crippen LogP) is 4.69. The third-order valence-electron chi connectivity index (χ3n) is 3.53. The molecule has 3 rings (SSSR count). The Bertz CT molecular complexity index is 1020. The molecule has 0 aliphatic rings. The number of aromatic amines is 1. The first-order valence-corrected chi connectivity index (χ1v) is 8.13.